The summed E-state index contributed by atoms with van der Waals surface area (Å²) >= 11 is 0. The van der Waals surface area contributed by atoms with Crippen LogP contribution < -0.4 is 5.32 Å². The van der Waals surface area contributed by atoms with E-state index in [1.807, 2.05) is 18.0 Å². The highest BCUT2D eigenvalue weighted by Gasteiger charge is 2.27. The molecular weight excluding hydrogens is 212 g/mol. The second kappa shape index (κ2) is 5.32. The first-order chi connectivity index (χ1) is 8.18. The van der Waals surface area contributed by atoms with E-state index < -0.39 is 0 Å². The maximum atomic E-state index is 11.9. The van der Waals surface area contributed by atoms with Crippen LogP contribution in [0.3, 0.4) is 0 Å². The highest BCUT2D eigenvalue weighted by Crippen LogP contribution is 2.10. The molecule has 1 aliphatic rings. The van der Waals surface area contributed by atoms with Gasteiger partial charge in [0.1, 0.15) is 0 Å². The Morgan fingerprint density at radius 3 is 2.71 bits per heavy atom. The van der Waals surface area contributed by atoms with Gasteiger partial charge in [-0.3, -0.25) is 4.79 Å². The Balaban J connectivity index is 1.85. The monoisotopic (exact) mass is 232 g/mol. The van der Waals surface area contributed by atoms with Crippen LogP contribution in [-0.4, -0.2) is 37.5 Å². The molecule has 1 heterocycles. The molecule has 0 aromatic heterocycles. The van der Waals surface area contributed by atoms with Crippen LogP contribution in [-0.2, 0) is 11.2 Å². The van der Waals surface area contributed by atoms with Crippen molar-refractivity contribution in [2.24, 2.45) is 5.92 Å². The van der Waals surface area contributed by atoms with Crippen molar-refractivity contribution in [1.82, 2.24) is 10.2 Å². The summed E-state index contributed by atoms with van der Waals surface area (Å²) in [6, 6.07) is 8.36. The molecule has 1 aromatic carbocycles. The molecule has 0 bridgehead atoms. The maximum Gasteiger partial charge on any atom is 0.228 e. The SMILES string of the molecule is Cc1ccccc1CCN(C)C(=O)C1CNC1. The fourth-order valence-corrected chi connectivity index (χ4v) is 2.06. The maximum absolute atomic E-state index is 11.9. The lowest BCUT2D eigenvalue weighted by Gasteiger charge is -2.30. The molecule has 0 unspecified atom stereocenters. The van der Waals surface area contributed by atoms with Crippen LogP contribution in [0.1, 0.15) is 11.1 Å². The third-order valence-electron chi connectivity index (χ3n) is 3.48. The first-order valence-electron chi connectivity index (χ1n) is 6.18. The number of amides is 1. The summed E-state index contributed by atoms with van der Waals surface area (Å²) in [4.78, 5) is 13.8. The van der Waals surface area contributed by atoms with Gasteiger partial charge in [-0.25, -0.2) is 0 Å². The zero-order valence-corrected chi connectivity index (χ0v) is 10.6. The highest BCUT2D eigenvalue weighted by molar-refractivity contribution is 5.79. The van der Waals surface area contributed by atoms with Gasteiger partial charge in [0, 0.05) is 26.7 Å². The number of likely N-dealkylation sites (N-methyl/N-ethyl adjacent to an activating group) is 1. The lowest BCUT2D eigenvalue weighted by atomic mass is 10.0. The summed E-state index contributed by atoms with van der Waals surface area (Å²) in [5.41, 5.74) is 2.64. The van der Waals surface area contributed by atoms with Crippen LogP contribution in [0.4, 0.5) is 0 Å². The zero-order chi connectivity index (χ0) is 12.3. The Morgan fingerprint density at radius 1 is 1.41 bits per heavy atom. The topological polar surface area (TPSA) is 32.3 Å². The van der Waals surface area contributed by atoms with Crippen molar-refractivity contribution in [3.05, 3.63) is 35.4 Å². The van der Waals surface area contributed by atoms with E-state index in [9.17, 15) is 4.79 Å². The van der Waals surface area contributed by atoms with E-state index in [1.165, 1.54) is 11.1 Å². The van der Waals surface area contributed by atoms with Crippen LogP contribution in [0, 0.1) is 12.8 Å². The third kappa shape index (κ3) is 2.86. The minimum atomic E-state index is 0.205. The molecule has 1 fully saturated rings. The van der Waals surface area contributed by atoms with Crippen molar-refractivity contribution in [2.75, 3.05) is 26.7 Å². The molecule has 0 atom stereocenters. The average molecular weight is 232 g/mol. The minimum absolute atomic E-state index is 0.205. The van der Waals surface area contributed by atoms with Crippen molar-refractivity contribution in [3.63, 3.8) is 0 Å². The summed E-state index contributed by atoms with van der Waals surface area (Å²) in [5, 5.41) is 3.13. The average Bonchev–Trinajstić information content (AvgIpc) is 2.25. The van der Waals surface area contributed by atoms with E-state index in [-0.39, 0.29) is 11.8 Å². The Labute approximate surface area is 103 Å². The summed E-state index contributed by atoms with van der Waals surface area (Å²) in [5.74, 6) is 0.481. The molecule has 1 N–H and O–H groups in total. The van der Waals surface area contributed by atoms with Crippen molar-refractivity contribution < 1.29 is 4.79 Å². The molecule has 0 radical (unpaired) electrons. The second-order valence-corrected chi connectivity index (χ2v) is 4.79. The number of hydrogen-bond acceptors (Lipinski definition) is 2. The van der Waals surface area contributed by atoms with Gasteiger partial charge in [0.25, 0.3) is 0 Å². The highest BCUT2D eigenvalue weighted by atomic mass is 16.2. The Bertz CT molecular complexity index is 399. The quantitative estimate of drug-likeness (QED) is 0.846. The molecule has 92 valence electrons. The van der Waals surface area contributed by atoms with Gasteiger partial charge in [-0.15, -0.1) is 0 Å². The first-order valence-corrected chi connectivity index (χ1v) is 6.18. The van der Waals surface area contributed by atoms with E-state index in [4.69, 9.17) is 0 Å². The fourth-order valence-electron chi connectivity index (χ4n) is 2.06. The molecule has 2 rings (SSSR count). The van der Waals surface area contributed by atoms with E-state index in [0.717, 1.165) is 26.1 Å². The summed E-state index contributed by atoms with van der Waals surface area (Å²) in [7, 11) is 1.90. The van der Waals surface area contributed by atoms with Crippen LogP contribution in [0.25, 0.3) is 0 Å². The molecule has 0 saturated carbocycles. The first kappa shape index (κ1) is 12.1. The summed E-state index contributed by atoms with van der Waals surface area (Å²) in [6.07, 6.45) is 0.940. The van der Waals surface area contributed by atoms with Gasteiger partial charge >= 0.3 is 0 Å². The smallest absolute Gasteiger partial charge is 0.228 e. The second-order valence-electron chi connectivity index (χ2n) is 4.79. The van der Waals surface area contributed by atoms with Gasteiger partial charge in [-0.05, 0) is 24.5 Å². The molecular formula is C14H20N2O. The zero-order valence-electron chi connectivity index (χ0n) is 10.6. The van der Waals surface area contributed by atoms with Gasteiger partial charge in [-0.2, -0.15) is 0 Å². The molecule has 3 nitrogen and oxygen atoms in total. The summed E-state index contributed by atoms with van der Waals surface area (Å²) < 4.78 is 0. The lowest BCUT2D eigenvalue weighted by Crippen LogP contribution is -2.51. The number of benzene rings is 1. The number of aryl methyl sites for hydroxylation is 1. The van der Waals surface area contributed by atoms with Gasteiger partial charge in [-0.1, -0.05) is 24.3 Å². The molecule has 1 amide bonds. The van der Waals surface area contributed by atoms with Crippen LogP contribution in [0.15, 0.2) is 24.3 Å². The van der Waals surface area contributed by atoms with Gasteiger partial charge in [0.15, 0.2) is 0 Å². The van der Waals surface area contributed by atoms with Crippen molar-refractivity contribution in [3.8, 4) is 0 Å². The number of nitrogens with zero attached hydrogens (tertiary/aromatic N) is 1. The van der Waals surface area contributed by atoms with Gasteiger partial charge < -0.3 is 10.2 Å². The predicted octanol–water partition coefficient (Wildman–Crippen LogP) is 1.22. The number of carbonyl (C=O) groups excluding carboxylic acids is 1. The number of nitrogens with one attached hydrogen (secondary N) is 1. The summed E-state index contributed by atoms with van der Waals surface area (Å²) in [6.45, 7) is 4.61. The molecule has 1 aromatic rings. The van der Waals surface area contributed by atoms with Crippen LogP contribution in [0.2, 0.25) is 0 Å². The normalized spacial score (nSPS) is 15.4. The van der Waals surface area contributed by atoms with Crippen molar-refractivity contribution in [2.45, 2.75) is 13.3 Å². The van der Waals surface area contributed by atoms with Gasteiger partial charge in [0.2, 0.25) is 5.91 Å². The predicted molar refractivity (Wildman–Crippen MR) is 68.9 cm³/mol. The molecule has 0 spiro atoms. The molecule has 3 heteroatoms. The largest absolute Gasteiger partial charge is 0.345 e. The molecule has 0 aliphatic carbocycles. The standard InChI is InChI=1S/C14H20N2O/c1-11-5-3-4-6-12(11)7-8-16(2)14(17)13-9-15-10-13/h3-6,13,15H,7-10H2,1-2H3. The van der Waals surface area contributed by atoms with Crippen molar-refractivity contribution in [1.29, 1.82) is 0 Å². The van der Waals surface area contributed by atoms with Crippen LogP contribution >= 0.6 is 0 Å². The van der Waals surface area contributed by atoms with Crippen molar-refractivity contribution >= 4 is 5.91 Å². The van der Waals surface area contributed by atoms with E-state index >= 15 is 0 Å². The molecule has 1 saturated heterocycles. The number of rotatable bonds is 4. The van der Waals surface area contributed by atoms with Crippen LogP contribution in [0.5, 0.6) is 0 Å². The van der Waals surface area contributed by atoms with E-state index in [0.29, 0.717) is 0 Å². The Hall–Kier alpha value is -1.35. The fraction of sp³-hybridized carbons (Fsp3) is 0.500. The Morgan fingerprint density at radius 2 is 2.12 bits per heavy atom. The minimum Gasteiger partial charge on any atom is -0.345 e. The Kier molecular flexibility index (Phi) is 3.79. The lowest BCUT2D eigenvalue weighted by molar-refractivity contribution is -0.135. The van der Waals surface area contributed by atoms with E-state index in [1.54, 1.807) is 0 Å². The van der Waals surface area contributed by atoms with Gasteiger partial charge in [0.05, 0.1) is 5.92 Å². The number of carbonyl (C=O) groups is 1. The molecule has 1 aliphatic heterocycles. The van der Waals surface area contributed by atoms with E-state index in [2.05, 4.69) is 30.4 Å². The molecule has 17 heavy (non-hydrogen) atoms. The number of hydrogen-bond donors (Lipinski definition) is 1. The third-order valence-corrected chi connectivity index (χ3v) is 3.48.